The van der Waals surface area contributed by atoms with Crippen molar-refractivity contribution in [3.63, 3.8) is 0 Å². The van der Waals surface area contributed by atoms with Gasteiger partial charge in [-0.3, -0.25) is 14.6 Å². The number of ether oxygens (including phenoxy) is 1. The van der Waals surface area contributed by atoms with Crippen molar-refractivity contribution in [1.29, 1.82) is 0 Å². The van der Waals surface area contributed by atoms with Crippen LogP contribution in [-0.2, 0) is 9.53 Å². The molecule has 2 aliphatic rings. The molecule has 2 aliphatic heterocycles. The number of piperazine rings is 1. The van der Waals surface area contributed by atoms with E-state index in [2.05, 4.69) is 10.2 Å². The van der Waals surface area contributed by atoms with E-state index in [-0.39, 0.29) is 25.1 Å². The summed E-state index contributed by atoms with van der Waals surface area (Å²) in [6, 6.07) is 10.1. The number of nitrogens with zero attached hydrogens (tertiary/aromatic N) is 3. The number of amides is 3. The van der Waals surface area contributed by atoms with E-state index >= 15 is 0 Å². The van der Waals surface area contributed by atoms with Gasteiger partial charge in [-0.2, -0.15) is 0 Å². The summed E-state index contributed by atoms with van der Waals surface area (Å²) in [5, 5.41) is 2.86. The standard InChI is InChI=1S/C27H30F2N4O4/c1-3-33-22(17-31-12-14-32(15-13-31)25(34)19-6-5-7-21(29)16-19)23(26(35)37-4-2)24(30-27(33)36)18-8-10-20(28)11-9-18/h5-11,16,24H,3-4,12-15,17H2,1-2H3,(H,30,36)/t24-/m1/s1. The number of hydrogen-bond acceptors (Lipinski definition) is 5. The Labute approximate surface area is 214 Å². The maximum absolute atomic E-state index is 13.6. The number of benzene rings is 2. The van der Waals surface area contributed by atoms with Crippen LogP contribution in [-0.4, -0.2) is 78.5 Å². The molecule has 0 bridgehead atoms. The molecule has 3 amide bonds. The highest BCUT2D eigenvalue weighted by atomic mass is 19.1. The van der Waals surface area contributed by atoms with Crippen LogP contribution in [0.2, 0.25) is 0 Å². The summed E-state index contributed by atoms with van der Waals surface area (Å²) >= 11 is 0. The molecule has 196 valence electrons. The van der Waals surface area contributed by atoms with Gasteiger partial charge in [-0.1, -0.05) is 18.2 Å². The summed E-state index contributed by atoms with van der Waals surface area (Å²) in [6.45, 7) is 6.13. The highest BCUT2D eigenvalue weighted by molar-refractivity contribution is 5.95. The lowest BCUT2D eigenvalue weighted by atomic mass is 9.94. The number of carbonyl (C=O) groups is 3. The summed E-state index contributed by atoms with van der Waals surface area (Å²) in [6.07, 6.45) is 0. The second-order valence-corrected chi connectivity index (χ2v) is 8.84. The average molecular weight is 513 g/mol. The Kier molecular flexibility index (Phi) is 8.17. The van der Waals surface area contributed by atoms with Crippen LogP contribution in [0.4, 0.5) is 13.6 Å². The Morgan fingerprint density at radius 2 is 1.70 bits per heavy atom. The first-order valence-corrected chi connectivity index (χ1v) is 12.3. The lowest BCUT2D eigenvalue weighted by Gasteiger charge is -2.40. The summed E-state index contributed by atoms with van der Waals surface area (Å²) in [5.41, 5.74) is 1.68. The van der Waals surface area contributed by atoms with Crippen LogP contribution in [0.3, 0.4) is 0 Å². The normalized spacial score (nSPS) is 18.6. The summed E-state index contributed by atoms with van der Waals surface area (Å²) in [4.78, 5) is 44.2. The highest BCUT2D eigenvalue weighted by Crippen LogP contribution is 2.32. The number of esters is 1. The maximum Gasteiger partial charge on any atom is 0.338 e. The Balaban J connectivity index is 1.59. The van der Waals surface area contributed by atoms with Crippen molar-refractivity contribution in [2.24, 2.45) is 0 Å². The number of carbonyl (C=O) groups excluding carboxylic acids is 3. The molecule has 0 radical (unpaired) electrons. The van der Waals surface area contributed by atoms with Gasteiger partial charge in [-0.25, -0.2) is 18.4 Å². The summed E-state index contributed by atoms with van der Waals surface area (Å²) in [5.74, 6) is -1.68. The molecule has 4 rings (SSSR count). The van der Waals surface area contributed by atoms with E-state index in [0.717, 1.165) is 0 Å². The number of halogens is 2. The van der Waals surface area contributed by atoms with Gasteiger partial charge in [0.25, 0.3) is 5.91 Å². The van der Waals surface area contributed by atoms with Gasteiger partial charge in [-0.15, -0.1) is 0 Å². The molecule has 8 nitrogen and oxygen atoms in total. The van der Waals surface area contributed by atoms with Crippen LogP contribution in [0.1, 0.15) is 35.8 Å². The molecule has 1 fully saturated rings. The number of urea groups is 1. The van der Waals surface area contributed by atoms with Crippen molar-refractivity contribution in [1.82, 2.24) is 20.0 Å². The van der Waals surface area contributed by atoms with E-state index in [9.17, 15) is 23.2 Å². The largest absolute Gasteiger partial charge is 0.463 e. The second-order valence-electron chi connectivity index (χ2n) is 8.84. The van der Waals surface area contributed by atoms with Gasteiger partial charge in [0.2, 0.25) is 0 Å². The molecule has 37 heavy (non-hydrogen) atoms. The van der Waals surface area contributed by atoms with Gasteiger partial charge in [-0.05, 0) is 49.7 Å². The van der Waals surface area contributed by atoms with Crippen LogP contribution >= 0.6 is 0 Å². The molecule has 1 atom stereocenters. The van der Waals surface area contributed by atoms with Crippen LogP contribution < -0.4 is 5.32 Å². The molecule has 0 aromatic heterocycles. The molecule has 2 aromatic carbocycles. The van der Waals surface area contributed by atoms with Crippen molar-refractivity contribution in [3.8, 4) is 0 Å². The van der Waals surface area contributed by atoms with Crippen LogP contribution in [0.15, 0.2) is 59.8 Å². The van der Waals surface area contributed by atoms with E-state index in [0.29, 0.717) is 55.1 Å². The van der Waals surface area contributed by atoms with Crippen molar-refractivity contribution in [2.45, 2.75) is 19.9 Å². The molecule has 1 N–H and O–H groups in total. The van der Waals surface area contributed by atoms with E-state index < -0.39 is 23.6 Å². The minimum Gasteiger partial charge on any atom is -0.463 e. The quantitative estimate of drug-likeness (QED) is 0.576. The lowest BCUT2D eigenvalue weighted by molar-refractivity contribution is -0.139. The third-order valence-corrected chi connectivity index (χ3v) is 6.56. The zero-order chi connectivity index (χ0) is 26.5. The first-order chi connectivity index (χ1) is 17.8. The molecular formula is C27H30F2N4O4. The topological polar surface area (TPSA) is 82.2 Å². The Hall–Kier alpha value is -3.79. The molecule has 2 heterocycles. The van der Waals surface area contributed by atoms with E-state index in [4.69, 9.17) is 4.74 Å². The van der Waals surface area contributed by atoms with E-state index in [1.54, 1.807) is 17.9 Å². The summed E-state index contributed by atoms with van der Waals surface area (Å²) in [7, 11) is 0. The molecule has 0 spiro atoms. The zero-order valence-electron chi connectivity index (χ0n) is 20.9. The second kappa shape index (κ2) is 11.5. The number of hydrogen-bond donors (Lipinski definition) is 1. The van der Waals surface area contributed by atoms with Gasteiger partial charge >= 0.3 is 12.0 Å². The molecule has 1 saturated heterocycles. The molecular weight excluding hydrogens is 482 g/mol. The lowest BCUT2D eigenvalue weighted by Crippen LogP contribution is -2.53. The van der Waals surface area contributed by atoms with E-state index in [1.165, 1.54) is 47.4 Å². The fraction of sp³-hybridized carbons (Fsp3) is 0.370. The first-order valence-electron chi connectivity index (χ1n) is 12.3. The number of rotatable bonds is 7. The van der Waals surface area contributed by atoms with Crippen molar-refractivity contribution in [3.05, 3.63) is 82.6 Å². The maximum atomic E-state index is 13.6. The van der Waals surface area contributed by atoms with Gasteiger partial charge in [0.1, 0.15) is 11.6 Å². The SMILES string of the molecule is CCOC(=O)C1=C(CN2CCN(C(=O)c3cccc(F)c3)CC2)N(CC)C(=O)N[C@@H]1c1ccc(F)cc1. The smallest absolute Gasteiger partial charge is 0.338 e. The van der Waals surface area contributed by atoms with Crippen molar-refractivity contribution in [2.75, 3.05) is 45.9 Å². The van der Waals surface area contributed by atoms with Gasteiger partial charge in [0.15, 0.2) is 0 Å². The fourth-order valence-corrected chi connectivity index (χ4v) is 4.69. The van der Waals surface area contributed by atoms with Gasteiger partial charge in [0.05, 0.1) is 18.2 Å². The number of nitrogens with one attached hydrogen (secondary N) is 1. The average Bonchev–Trinajstić information content (AvgIpc) is 2.89. The highest BCUT2D eigenvalue weighted by Gasteiger charge is 2.38. The van der Waals surface area contributed by atoms with Crippen LogP contribution in [0.5, 0.6) is 0 Å². The molecule has 0 aliphatic carbocycles. The molecule has 10 heteroatoms. The first kappa shape index (κ1) is 26.3. The van der Waals surface area contributed by atoms with Crippen molar-refractivity contribution >= 4 is 17.9 Å². The fourth-order valence-electron chi connectivity index (χ4n) is 4.69. The van der Waals surface area contributed by atoms with Gasteiger partial charge in [0, 0.05) is 50.5 Å². The predicted molar refractivity (Wildman–Crippen MR) is 132 cm³/mol. The van der Waals surface area contributed by atoms with Crippen LogP contribution in [0, 0.1) is 11.6 Å². The van der Waals surface area contributed by atoms with Crippen LogP contribution in [0.25, 0.3) is 0 Å². The Bertz CT molecular complexity index is 1190. The Morgan fingerprint density at radius 3 is 2.32 bits per heavy atom. The molecule has 0 saturated carbocycles. The van der Waals surface area contributed by atoms with Gasteiger partial charge < -0.3 is 15.0 Å². The minimum absolute atomic E-state index is 0.159. The van der Waals surface area contributed by atoms with E-state index in [1.807, 2.05) is 6.92 Å². The third kappa shape index (κ3) is 5.80. The molecule has 0 unspecified atom stereocenters. The Morgan fingerprint density at radius 1 is 1.00 bits per heavy atom. The third-order valence-electron chi connectivity index (χ3n) is 6.56. The number of likely N-dealkylation sites (N-methyl/N-ethyl adjacent to an activating group) is 1. The minimum atomic E-state index is -0.791. The summed E-state index contributed by atoms with van der Waals surface area (Å²) < 4.78 is 32.5. The monoisotopic (exact) mass is 512 g/mol. The van der Waals surface area contributed by atoms with Crippen molar-refractivity contribution < 1.29 is 27.9 Å². The molecule has 2 aromatic rings. The predicted octanol–water partition coefficient (Wildman–Crippen LogP) is 3.33. The zero-order valence-corrected chi connectivity index (χ0v) is 20.9.